The molecule has 0 spiro atoms. The van der Waals surface area contributed by atoms with Gasteiger partial charge in [-0.1, -0.05) is 48.9 Å². The van der Waals surface area contributed by atoms with Crippen molar-refractivity contribution in [2.75, 3.05) is 18.4 Å². The van der Waals surface area contributed by atoms with E-state index in [1.807, 2.05) is 56.7 Å². The Morgan fingerprint density at radius 2 is 2.12 bits per heavy atom. The summed E-state index contributed by atoms with van der Waals surface area (Å²) in [5.41, 5.74) is 4.83. The van der Waals surface area contributed by atoms with Crippen LogP contribution in [0.25, 0.3) is 11.1 Å². The number of benzene rings is 1. The van der Waals surface area contributed by atoms with E-state index < -0.39 is 0 Å². The van der Waals surface area contributed by atoms with Crippen molar-refractivity contribution in [3.05, 3.63) is 77.4 Å². The minimum absolute atomic E-state index is 0.176. The van der Waals surface area contributed by atoms with E-state index in [-0.39, 0.29) is 6.10 Å². The van der Waals surface area contributed by atoms with Crippen molar-refractivity contribution in [3.8, 4) is 16.9 Å². The van der Waals surface area contributed by atoms with Crippen LogP contribution in [-0.2, 0) is 7.05 Å². The molecule has 0 unspecified atom stereocenters. The van der Waals surface area contributed by atoms with Gasteiger partial charge in [0.05, 0.1) is 11.9 Å². The molecule has 1 aromatic heterocycles. The van der Waals surface area contributed by atoms with E-state index in [0.717, 1.165) is 57.8 Å². The number of rotatable bonds is 6. The number of aromatic nitrogens is 2. The van der Waals surface area contributed by atoms with E-state index >= 15 is 0 Å². The summed E-state index contributed by atoms with van der Waals surface area (Å²) in [4.78, 5) is 4.68. The van der Waals surface area contributed by atoms with Gasteiger partial charge in [-0.2, -0.15) is 5.10 Å². The maximum atomic E-state index is 6.23. The van der Waals surface area contributed by atoms with Gasteiger partial charge >= 0.3 is 0 Å². The topological polar surface area (TPSA) is 63.5 Å². The number of hydrogen-bond acceptors (Lipinski definition) is 5. The molecule has 0 saturated carbocycles. The van der Waals surface area contributed by atoms with Crippen molar-refractivity contribution in [1.82, 2.24) is 15.1 Å². The van der Waals surface area contributed by atoms with Crippen molar-refractivity contribution in [2.24, 2.45) is 12.0 Å². The van der Waals surface area contributed by atoms with Gasteiger partial charge in [0, 0.05) is 41.6 Å². The first-order valence-electron chi connectivity index (χ1n) is 11.7. The van der Waals surface area contributed by atoms with Gasteiger partial charge in [0.25, 0.3) is 0 Å². The molecule has 34 heavy (non-hydrogen) atoms. The second kappa shape index (κ2) is 12.5. The number of halogens is 1. The Labute approximate surface area is 211 Å². The average molecular weight is 525 g/mol. The Hall–Kier alpha value is -2.90. The maximum Gasteiger partial charge on any atom is 0.123 e. The summed E-state index contributed by atoms with van der Waals surface area (Å²) < 4.78 is 9.05. The molecular weight excluding hydrogens is 490 g/mol. The van der Waals surface area contributed by atoms with Crippen LogP contribution in [0.1, 0.15) is 33.6 Å². The van der Waals surface area contributed by atoms with E-state index in [0.29, 0.717) is 5.82 Å². The van der Waals surface area contributed by atoms with Gasteiger partial charge in [0.15, 0.2) is 0 Å². The minimum Gasteiger partial charge on any atom is -0.489 e. The van der Waals surface area contributed by atoms with Crippen LogP contribution < -0.4 is 15.4 Å². The van der Waals surface area contributed by atoms with Gasteiger partial charge in [-0.25, -0.2) is 4.99 Å². The van der Waals surface area contributed by atoms with E-state index in [1.54, 1.807) is 4.68 Å². The van der Waals surface area contributed by atoms with Crippen molar-refractivity contribution in [1.29, 1.82) is 0 Å². The standard InChI is InChI=1S/C24H26BrN5O.C3H8/c1-4-17-9-20(25)5-6-24(17)29-16(2)28-21-10-18(19-13-27-30(3)15-19)11-23(12-21)31-22-7-8-26-14-22;1-3-2/h4-6,9-13,15,22,26,28H,2,7-8,14H2,1,3H3;3H2,1-2H3/b17-4-,29-24-;/t22-;/m0./s1. The number of allylic oxidation sites excluding steroid dienone is 6. The average Bonchev–Trinajstić information content (AvgIpc) is 3.47. The van der Waals surface area contributed by atoms with E-state index in [4.69, 9.17) is 4.74 Å². The largest absolute Gasteiger partial charge is 0.489 e. The Kier molecular flexibility index (Phi) is 9.48. The molecule has 2 heterocycles. The second-order valence-electron chi connectivity index (χ2n) is 8.26. The predicted octanol–water partition coefficient (Wildman–Crippen LogP) is 6.36. The van der Waals surface area contributed by atoms with Gasteiger partial charge < -0.3 is 15.4 Å². The first kappa shape index (κ1) is 25.7. The molecule has 7 heteroatoms. The fourth-order valence-electron chi connectivity index (χ4n) is 3.60. The molecule has 1 atom stereocenters. The van der Waals surface area contributed by atoms with Gasteiger partial charge in [-0.15, -0.1) is 0 Å². The number of nitrogens with one attached hydrogen (secondary N) is 2. The zero-order chi connectivity index (χ0) is 24.5. The number of anilines is 1. The summed E-state index contributed by atoms with van der Waals surface area (Å²) in [6, 6.07) is 6.11. The molecule has 1 saturated heterocycles. The van der Waals surface area contributed by atoms with E-state index in [9.17, 15) is 0 Å². The normalized spacial score (nSPS) is 19.6. The zero-order valence-corrected chi connectivity index (χ0v) is 22.0. The molecule has 2 aliphatic rings. The summed E-state index contributed by atoms with van der Waals surface area (Å²) in [5.74, 6) is 1.37. The number of aryl methyl sites for hydroxylation is 1. The monoisotopic (exact) mass is 523 g/mol. The number of hydrogen-bond donors (Lipinski definition) is 2. The lowest BCUT2D eigenvalue weighted by molar-refractivity contribution is 0.223. The van der Waals surface area contributed by atoms with Crippen molar-refractivity contribution in [3.63, 3.8) is 0 Å². The molecule has 6 nitrogen and oxygen atoms in total. The lowest BCUT2D eigenvalue weighted by Crippen LogP contribution is -2.19. The van der Waals surface area contributed by atoms with Crippen LogP contribution in [0.5, 0.6) is 5.75 Å². The highest BCUT2D eigenvalue weighted by Gasteiger charge is 2.17. The quantitative estimate of drug-likeness (QED) is 0.462. The molecule has 1 aromatic carbocycles. The lowest BCUT2D eigenvalue weighted by atomic mass is 10.1. The fourth-order valence-corrected chi connectivity index (χ4v) is 3.97. The first-order valence-corrected chi connectivity index (χ1v) is 12.5. The fraction of sp³-hybridized carbons (Fsp3) is 0.333. The van der Waals surface area contributed by atoms with Crippen LogP contribution in [0.15, 0.2) is 82.3 Å². The number of ether oxygens (including phenoxy) is 1. The Morgan fingerprint density at radius 1 is 1.32 bits per heavy atom. The van der Waals surface area contributed by atoms with Gasteiger partial charge in [0.2, 0.25) is 0 Å². The molecule has 2 N–H and O–H groups in total. The SMILES string of the molecule is C=C(/N=C1/C=CC(Br)=C/C1=C/C)Nc1cc(O[C@H]2CCNC2)cc(-c2cnn(C)c2)c1.CCC. The number of aliphatic imine (C=N–C) groups is 1. The van der Waals surface area contributed by atoms with Crippen molar-refractivity contribution in [2.45, 2.75) is 39.7 Å². The maximum absolute atomic E-state index is 6.23. The molecule has 0 amide bonds. The van der Waals surface area contributed by atoms with Crippen LogP contribution >= 0.6 is 15.9 Å². The third kappa shape index (κ3) is 7.30. The minimum atomic E-state index is 0.176. The molecule has 2 aromatic rings. The smallest absolute Gasteiger partial charge is 0.123 e. The highest BCUT2D eigenvalue weighted by Crippen LogP contribution is 2.30. The molecule has 1 fully saturated rings. The molecule has 1 aliphatic carbocycles. The van der Waals surface area contributed by atoms with E-state index in [2.05, 4.69) is 69.2 Å². The van der Waals surface area contributed by atoms with Gasteiger partial charge in [0.1, 0.15) is 17.7 Å². The number of nitrogens with zero attached hydrogens (tertiary/aromatic N) is 3. The summed E-state index contributed by atoms with van der Waals surface area (Å²) in [6.45, 7) is 12.2. The van der Waals surface area contributed by atoms with Crippen LogP contribution in [-0.4, -0.2) is 34.7 Å². The third-order valence-corrected chi connectivity index (χ3v) is 5.60. The molecular formula is C27H34BrN5O. The second-order valence-corrected chi connectivity index (χ2v) is 9.18. The lowest BCUT2D eigenvalue weighted by Gasteiger charge is -2.16. The van der Waals surface area contributed by atoms with Gasteiger partial charge in [-0.05, 0) is 61.4 Å². The molecule has 0 radical (unpaired) electrons. The molecule has 1 aliphatic heterocycles. The molecule has 4 rings (SSSR count). The predicted molar refractivity (Wildman–Crippen MR) is 147 cm³/mol. The van der Waals surface area contributed by atoms with Crippen LogP contribution in [0.3, 0.4) is 0 Å². The summed E-state index contributed by atoms with van der Waals surface area (Å²) in [6.07, 6.45) is 14.3. The van der Waals surface area contributed by atoms with E-state index in [1.165, 1.54) is 6.42 Å². The van der Waals surface area contributed by atoms with Gasteiger partial charge in [-0.3, -0.25) is 4.68 Å². The molecule has 180 valence electrons. The van der Waals surface area contributed by atoms with Crippen molar-refractivity contribution < 1.29 is 4.74 Å². The highest BCUT2D eigenvalue weighted by molar-refractivity contribution is 9.11. The summed E-state index contributed by atoms with van der Waals surface area (Å²) >= 11 is 3.51. The third-order valence-electron chi connectivity index (χ3n) is 5.11. The highest BCUT2D eigenvalue weighted by atomic mass is 79.9. The van der Waals surface area contributed by atoms with Crippen LogP contribution in [0.4, 0.5) is 5.69 Å². The Balaban J connectivity index is 0.00000103. The first-order chi connectivity index (χ1) is 16.4. The zero-order valence-electron chi connectivity index (χ0n) is 20.4. The van der Waals surface area contributed by atoms with Crippen LogP contribution in [0.2, 0.25) is 0 Å². The van der Waals surface area contributed by atoms with Crippen LogP contribution in [0, 0.1) is 0 Å². The Bertz CT molecular complexity index is 1120. The Morgan fingerprint density at radius 3 is 2.76 bits per heavy atom. The summed E-state index contributed by atoms with van der Waals surface area (Å²) in [5, 5.41) is 11.0. The summed E-state index contributed by atoms with van der Waals surface area (Å²) in [7, 11) is 1.91. The van der Waals surface area contributed by atoms with Crippen molar-refractivity contribution >= 4 is 27.3 Å². The molecule has 0 bridgehead atoms.